The summed E-state index contributed by atoms with van der Waals surface area (Å²) in [5.41, 5.74) is 0. The minimum absolute atomic E-state index is 0.834. The molecule has 0 saturated heterocycles. The maximum Gasteiger partial charge on any atom is 0.102 e. The van der Waals surface area contributed by atoms with Gasteiger partial charge < -0.3 is 24.5 Å². The van der Waals surface area contributed by atoms with E-state index < -0.39 is 0 Å². The van der Waals surface area contributed by atoms with Crippen LogP contribution in [-0.2, 0) is 4.74 Å². The molecule has 0 radical (unpaired) electrons. The van der Waals surface area contributed by atoms with Crippen LogP contribution in [0.3, 0.4) is 0 Å². The number of rotatable bonds is 6. The molecule has 0 amide bonds. The quantitative estimate of drug-likeness (QED) is 0.786. The Morgan fingerprint density at radius 1 is 1.00 bits per heavy atom. The third kappa shape index (κ3) is 16.4. The lowest BCUT2D eigenvalue weighted by Crippen LogP contribution is -2.22. The average molecular weight is 310 g/mol. The standard InChI is InChI=1S/C8H20N2O.C4H6N2.C3H4N2/c1-9(2)5-7-11-8-6-10(3)4;1-4-5-2-3-6-4;1-2-5-3-4-1/h5-8H2,1-4H3;2-3H,1H3,(H,5,6);1-3H,(H,4,5). The van der Waals surface area contributed by atoms with E-state index in [0.29, 0.717) is 0 Å². The predicted octanol–water partition coefficient (Wildman–Crippen LogP) is 1.25. The first-order valence-corrected chi connectivity index (χ1v) is 7.28. The predicted molar refractivity (Wildman–Crippen MR) is 89.8 cm³/mol. The van der Waals surface area contributed by atoms with Crippen molar-refractivity contribution < 1.29 is 4.74 Å². The molecule has 7 nitrogen and oxygen atoms in total. The zero-order valence-corrected chi connectivity index (χ0v) is 14.4. The normalized spacial score (nSPS) is 9.95. The fourth-order valence-corrected chi connectivity index (χ4v) is 1.16. The molecule has 0 fully saturated rings. The molecule has 0 unspecified atom stereocenters. The van der Waals surface area contributed by atoms with Gasteiger partial charge in [0.2, 0.25) is 0 Å². The van der Waals surface area contributed by atoms with Crippen molar-refractivity contribution in [3.8, 4) is 0 Å². The van der Waals surface area contributed by atoms with Crippen molar-refractivity contribution in [2.24, 2.45) is 0 Å². The van der Waals surface area contributed by atoms with Gasteiger partial charge in [0.15, 0.2) is 0 Å². The van der Waals surface area contributed by atoms with Crippen LogP contribution in [0.1, 0.15) is 5.82 Å². The summed E-state index contributed by atoms with van der Waals surface area (Å²) in [6, 6.07) is 0. The number of nitrogens with zero attached hydrogens (tertiary/aromatic N) is 4. The summed E-state index contributed by atoms with van der Waals surface area (Å²) in [4.78, 5) is 17.4. The Kier molecular flexibility index (Phi) is 13.1. The molecule has 22 heavy (non-hydrogen) atoms. The lowest BCUT2D eigenvalue weighted by molar-refractivity contribution is 0.104. The molecular formula is C15H30N6O. The van der Waals surface area contributed by atoms with Gasteiger partial charge in [-0.25, -0.2) is 9.97 Å². The number of aromatic nitrogens is 4. The van der Waals surface area contributed by atoms with Crippen molar-refractivity contribution >= 4 is 0 Å². The maximum absolute atomic E-state index is 5.37. The second-order valence-electron chi connectivity index (χ2n) is 5.15. The summed E-state index contributed by atoms with van der Waals surface area (Å²) in [5, 5.41) is 0. The molecule has 0 bridgehead atoms. The van der Waals surface area contributed by atoms with Crippen LogP contribution >= 0.6 is 0 Å². The number of aromatic amines is 2. The fourth-order valence-electron chi connectivity index (χ4n) is 1.16. The maximum atomic E-state index is 5.37. The van der Waals surface area contributed by atoms with Gasteiger partial charge in [-0.1, -0.05) is 0 Å². The molecule has 2 aromatic rings. The van der Waals surface area contributed by atoms with Gasteiger partial charge in [0.25, 0.3) is 0 Å². The number of aryl methyl sites for hydroxylation is 1. The third-order valence-electron chi connectivity index (χ3n) is 2.41. The molecular weight excluding hydrogens is 280 g/mol. The zero-order valence-electron chi connectivity index (χ0n) is 14.4. The van der Waals surface area contributed by atoms with Gasteiger partial charge in [-0.15, -0.1) is 0 Å². The minimum atomic E-state index is 0.834. The first-order chi connectivity index (χ1) is 10.5. The van der Waals surface area contributed by atoms with E-state index in [1.807, 2.05) is 6.92 Å². The lowest BCUT2D eigenvalue weighted by atomic mass is 10.6. The largest absolute Gasteiger partial charge is 0.379 e. The van der Waals surface area contributed by atoms with Gasteiger partial charge in [-0.3, -0.25) is 0 Å². The summed E-state index contributed by atoms with van der Waals surface area (Å²) in [5.74, 6) is 0.968. The first kappa shape index (κ1) is 20.3. The molecule has 7 heteroatoms. The topological polar surface area (TPSA) is 73.1 Å². The highest BCUT2D eigenvalue weighted by atomic mass is 16.5. The van der Waals surface area contributed by atoms with E-state index in [1.54, 1.807) is 31.1 Å². The minimum Gasteiger partial charge on any atom is -0.379 e. The Morgan fingerprint density at radius 2 is 1.64 bits per heavy atom. The summed E-state index contributed by atoms with van der Waals surface area (Å²) >= 11 is 0. The molecule has 0 spiro atoms. The van der Waals surface area contributed by atoms with Crippen LogP contribution in [-0.4, -0.2) is 84.2 Å². The molecule has 0 atom stereocenters. The summed E-state index contributed by atoms with van der Waals surface area (Å²) in [7, 11) is 8.20. The van der Waals surface area contributed by atoms with E-state index in [2.05, 4.69) is 57.9 Å². The molecule has 0 aliphatic rings. The molecule has 2 rings (SSSR count). The van der Waals surface area contributed by atoms with E-state index in [-0.39, 0.29) is 0 Å². The van der Waals surface area contributed by atoms with Crippen LogP contribution in [0.15, 0.2) is 31.1 Å². The number of nitrogens with one attached hydrogen (secondary N) is 2. The Labute approximate surface area is 133 Å². The van der Waals surface area contributed by atoms with E-state index in [0.717, 1.165) is 32.1 Å². The van der Waals surface area contributed by atoms with Crippen LogP contribution in [0.4, 0.5) is 0 Å². The van der Waals surface area contributed by atoms with E-state index in [9.17, 15) is 0 Å². The van der Waals surface area contributed by atoms with E-state index >= 15 is 0 Å². The van der Waals surface area contributed by atoms with Crippen LogP contribution in [0, 0.1) is 6.92 Å². The van der Waals surface area contributed by atoms with Crippen molar-refractivity contribution in [3.63, 3.8) is 0 Å². The van der Waals surface area contributed by atoms with Crippen LogP contribution in [0.5, 0.6) is 0 Å². The van der Waals surface area contributed by atoms with Crippen LogP contribution < -0.4 is 0 Å². The molecule has 0 aromatic carbocycles. The van der Waals surface area contributed by atoms with Crippen molar-refractivity contribution in [3.05, 3.63) is 36.9 Å². The van der Waals surface area contributed by atoms with Gasteiger partial charge >= 0.3 is 0 Å². The van der Waals surface area contributed by atoms with Gasteiger partial charge in [-0.05, 0) is 35.1 Å². The monoisotopic (exact) mass is 310 g/mol. The molecule has 0 aliphatic heterocycles. The molecule has 2 heterocycles. The highest BCUT2D eigenvalue weighted by Gasteiger charge is 1.91. The van der Waals surface area contributed by atoms with Gasteiger partial charge in [0.1, 0.15) is 5.82 Å². The van der Waals surface area contributed by atoms with Gasteiger partial charge in [0, 0.05) is 37.9 Å². The van der Waals surface area contributed by atoms with E-state index in [1.165, 1.54) is 0 Å². The second kappa shape index (κ2) is 14.2. The first-order valence-electron chi connectivity index (χ1n) is 7.28. The smallest absolute Gasteiger partial charge is 0.102 e. The van der Waals surface area contributed by atoms with Crippen molar-refractivity contribution in [2.45, 2.75) is 6.92 Å². The summed E-state index contributed by atoms with van der Waals surface area (Å²) in [6.45, 7) is 5.60. The number of ether oxygens (including phenoxy) is 1. The summed E-state index contributed by atoms with van der Waals surface area (Å²) < 4.78 is 5.37. The fraction of sp³-hybridized carbons (Fsp3) is 0.600. The number of likely N-dealkylation sites (N-methyl/N-ethyl adjacent to an activating group) is 2. The number of imidazole rings is 2. The van der Waals surface area contributed by atoms with Gasteiger partial charge in [0.05, 0.1) is 19.5 Å². The van der Waals surface area contributed by atoms with Gasteiger partial charge in [-0.2, -0.15) is 0 Å². The Balaban J connectivity index is 0.000000331. The van der Waals surface area contributed by atoms with Crippen molar-refractivity contribution in [1.82, 2.24) is 29.7 Å². The average Bonchev–Trinajstić information content (AvgIpc) is 3.13. The molecule has 0 saturated carbocycles. The number of hydrogen-bond donors (Lipinski definition) is 2. The molecule has 2 N–H and O–H groups in total. The molecule has 2 aromatic heterocycles. The molecule has 126 valence electrons. The van der Waals surface area contributed by atoms with Crippen molar-refractivity contribution in [1.29, 1.82) is 0 Å². The van der Waals surface area contributed by atoms with Crippen LogP contribution in [0.25, 0.3) is 0 Å². The summed E-state index contributed by atoms with van der Waals surface area (Å²) in [6.07, 6.45) is 8.62. The molecule has 0 aliphatic carbocycles. The van der Waals surface area contributed by atoms with Crippen LogP contribution in [0.2, 0.25) is 0 Å². The van der Waals surface area contributed by atoms with E-state index in [4.69, 9.17) is 4.74 Å². The highest BCUT2D eigenvalue weighted by molar-refractivity contribution is 4.80. The van der Waals surface area contributed by atoms with Crippen molar-refractivity contribution in [2.75, 3.05) is 54.5 Å². The third-order valence-corrected chi connectivity index (χ3v) is 2.41. The number of H-pyrrole nitrogens is 2. The Morgan fingerprint density at radius 3 is 1.86 bits per heavy atom. The number of hydrogen-bond acceptors (Lipinski definition) is 5. The Hall–Kier alpha value is -1.70. The highest BCUT2D eigenvalue weighted by Crippen LogP contribution is 1.80. The lowest BCUT2D eigenvalue weighted by Gasteiger charge is -2.12. The Bertz CT molecular complexity index is 372. The SMILES string of the molecule is CN(C)CCOCCN(C)C.Cc1ncc[nH]1.c1c[nH]cn1. The second-order valence-corrected chi connectivity index (χ2v) is 5.15. The zero-order chi connectivity index (χ0) is 16.6.